The number of hydrogen-bond acceptors (Lipinski definition) is 1. The second-order valence-corrected chi connectivity index (χ2v) is 4.51. The summed E-state index contributed by atoms with van der Waals surface area (Å²) in [6.45, 7) is 0. The Hall–Kier alpha value is -0.980. The van der Waals surface area contributed by atoms with Crippen LogP contribution in [0.5, 0.6) is 0 Å². The van der Waals surface area contributed by atoms with Crippen LogP contribution in [0.3, 0.4) is 0 Å². The average molecular weight is 189 g/mol. The molecule has 1 aromatic carbocycles. The van der Waals surface area contributed by atoms with Crippen molar-refractivity contribution in [3.8, 4) is 0 Å². The number of para-hydroxylation sites is 1. The molecule has 0 N–H and O–H groups in total. The third-order valence-corrected chi connectivity index (χ3v) is 2.99. The third-order valence-electron chi connectivity index (χ3n) is 2.99. The minimum Gasteiger partial charge on any atom is -0.377 e. The van der Waals surface area contributed by atoms with E-state index in [1.807, 2.05) is 0 Å². The Morgan fingerprint density at radius 2 is 1.93 bits per heavy atom. The molecule has 1 aliphatic carbocycles. The highest BCUT2D eigenvalue weighted by atomic mass is 15.1. The Kier molecular flexibility index (Phi) is 2.76. The van der Waals surface area contributed by atoms with E-state index in [1.165, 1.54) is 36.9 Å². The molecule has 1 nitrogen and oxygen atoms in total. The van der Waals surface area contributed by atoms with Gasteiger partial charge in [-0.15, -0.1) is 0 Å². The largest absolute Gasteiger partial charge is 0.377 e. The Morgan fingerprint density at radius 1 is 1.21 bits per heavy atom. The molecule has 0 aliphatic heterocycles. The lowest BCUT2D eigenvalue weighted by molar-refractivity contribution is 0.726. The fourth-order valence-corrected chi connectivity index (χ4v) is 1.92. The van der Waals surface area contributed by atoms with Crippen molar-refractivity contribution in [3.05, 3.63) is 29.8 Å². The van der Waals surface area contributed by atoms with E-state index < -0.39 is 0 Å². The van der Waals surface area contributed by atoms with Gasteiger partial charge in [0.2, 0.25) is 0 Å². The van der Waals surface area contributed by atoms with Crippen molar-refractivity contribution in [1.82, 2.24) is 0 Å². The van der Waals surface area contributed by atoms with E-state index in [0.717, 1.165) is 5.92 Å². The van der Waals surface area contributed by atoms with Crippen LogP contribution in [0.15, 0.2) is 24.3 Å². The normalized spacial score (nSPS) is 15.6. The van der Waals surface area contributed by atoms with Crippen molar-refractivity contribution >= 4 is 5.69 Å². The van der Waals surface area contributed by atoms with E-state index in [0.29, 0.717) is 0 Å². The molecule has 0 heterocycles. The minimum atomic E-state index is 1.03. The average Bonchev–Trinajstić information content (AvgIpc) is 2.98. The van der Waals surface area contributed by atoms with E-state index in [2.05, 4.69) is 43.3 Å². The summed E-state index contributed by atoms with van der Waals surface area (Å²) in [5, 5.41) is 0. The van der Waals surface area contributed by atoms with Crippen LogP contribution in [0.25, 0.3) is 0 Å². The van der Waals surface area contributed by atoms with E-state index >= 15 is 0 Å². The smallest absolute Gasteiger partial charge is 0.0393 e. The second-order valence-electron chi connectivity index (χ2n) is 4.51. The zero-order valence-electron chi connectivity index (χ0n) is 9.16. The first-order valence-electron chi connectivity index (χ1n) is 5.52. The maximum atomic E-state index is 2.26. The van der Waals surface area contributed by atoms with E-state index in [1.54, 1.807) is 0 Å². The monoisotopic (exact) mass is 189 g/mol. The van der Waals surface area contributed by atoms with E-state index in [4.69, 9.17) is 0 Å². The number of nitrogens with zero attached hydrogens (tertiary/aromatic N) is 1. The van der Waals surface area contributed by atoms with Crippen molar-refractivity contribution in [3.63, 3.8) is 0 Å². The van der Waals surface area contributed by atoms with Gasteiger partial charge in [0.15, 0.2) is 0 Å². The number of anilines is 1. The highest BCUT2D eigenvalue weighted by molar-refractivity contribution is 5.52. The zero-order chi connectivity index (χ0) is 9.97. The van der Waals surface area contributed by atoms with Crippen molar-refractivity contribution in [1.29, 1.82) is 0 Å². The maximum absolute atomic E-state index is 2.26. The molecule has 1 fully saturated rings. The molecule has 76 valence electrons. The summed E-state index contributed by atoms with van der Waals surface area (Å²) in [5.41, 5.74) is 2.89. The van der Waals surface area contributed by atoms with Gasteiger partial charge in [0, 0.05) is 19.8 Å². The quantitative estimate of drug-likeness (QED) is 0.703. The topological polar surface area (TPSA) is 3.24 Å². The number of benzene rings is 1. The van der Waals surface area contributed by atoms with Crippen LogP contribution in [0, 0.1) is 5.92 Å². The lowest BCUT2D eigenvalue weighted by Gasteiger charge is -2.17. The van der Waals surface area contributed by atoms with Gasteiger partial charge >= 0.3 is 0 Å². The van der Waals surface area contributed by atoms with E-state index in [-0.39, 0.29) is 0 Å². The molecule has 0 spiro atoms. The highest BCUT2D eigenvalue weighted by Crippen LogP contribution is 2.34. The summed E-state index contributed by atoms with van der Waals surface area (Å²) in [5.74, 6) is 1.03. The summed E-state index contributed by atoms with van der Waals surface area (Å²) >= 11 is 0. The molecule has 14 heavy (non-hydrogen) atoms. The summed E-state index contributed by atoms with van der Waals surface area (Å²) in [6.07, 6.45) is 5.55. The van der Waals surface area contributed by atoms with Gasteiger partial charge < -0.3 is 4.90 Å². The van der Waals surface area contributed by atoms with Gasteiger partial charge in [-0.2, -0.15) is 0 Å². The molecule has 1 heteroatoms. The first-order valence-corrected chi connectivity index (χ1v) is 5.52. The first-order chi connectivity index (χ1) is 6.77. The molecule has 0 aromatic heterocycles. The Balaban J connectivity index is 2.05. The highest BCUT2D eigenvalue weighted by Gasteiger charge is 2.20. The third kappa shape index (κ3) is 2.28. The van der Waals surface area contributed by atoms with Crippen molar-refractivity contribution in [2.75, 3.05) is 19.0 Å². The first kappa shape index (κ1) is 9.57. The van der Waals surface area contributed by atoms with Crippen LogP contribution < -0.4 is 4.90 Å². The molecular formula is C13H19N. The molecule has 0 amide bonds. The van der Waals surface area contributed by atoms with Gasteiger partial charge in [0.25, 0.3) is 0 Å². The molecule has 1 saturated carbocycles. The molecule has 1 aliphatic rings. The second kappa shape index (κ2) is 4.04. The summed E-state index contributed by atoms with van der Waals surface area (Å²) in [6, 6.07) is 8.74. The molecule has 2 rings (SSSR count). The zero-order valence-corrected chi connectivity index (χ0v) is 9.16. The van der Waals surface area contributed by atoms with Gasteiger partial charge in [0.1, 0.15) is 0 Å². The predicted molar refractivity (Wildman–Crippen MR) is 61.8 cm³/mol. The van der Waals surface area contributed by atoms with Gasteiger partial charge in [-0.3, -0.25) is 0 Å². The summed E-state index contributed by atoms with van der Waals surface area (Å²) in [4.78, 5) is 2.21. The van der Waals surface area contributed by atoms with Crippen LogP contribution in [-0.2, 0) is 6.42 Å². The van der Waals surface area contributed by atoms with Crippen molar-refractivity contribution in [2.45, 2.75) is 25.7 Å². The maximum Gasteiger partial charge on any atom is 0.0393 e. The van der Waals surface area contributed by atoms with Gasteiger partial charge in [-0.25, -0.2) is 0 Å². The molecule has 0 atom stereocenters. The molecular weight excluding hydrogens is 170 g/mol. The number of rotatable bonds is 4. The van der Waals surface area contributed by atoms with Crippen molar-refractivity contribution in [2.24, 2.45) is 5.92 Å². The Labute approximate surface area is 86.7 Å². The Morgan fingerprint density at radius 3 is 2.57 bits per heavy atom. The van der Waals surface area contributed by atoms with Crippen LogP contribution in [0.1, 0.15) is 24.8 Å². The van der Waals surface area contributed by atoms with Gasteiger partial charge in [-0.05, 0) is 30.4 Å². The SMILES string of the molecule is CN(C)c1ccccc1CCC1CC1. The summed E-state index contributed by atoms with van der Waals surface area (Å²) < 4.78 is 0. The van der Waals surface area contributed by atoms with Crippen LogP contribution >= 0.6 is 0 Å². The van der Waals surface area contributed by atoms with Crippen LogP contribution in [0.2, 0.25) is 0 Å². The van der Waals surface area contributed by atoms with Gasteiger partial charge in [-0.1, -0.05) is 31.0 Å². The molecule has 0 radical (unpaired) electrons. The fraction of sp³-hybridized carbons (Fsp3) is 0.538. The Bertz CT molecular complexity index is 300. The summed E-state index contributed by atoms with van der Waals surface area (Å²) in [7, 11) is 4.24. The molecule has 0 bridgehead atoms. The van der Waals surface area contributed by atoms with Crippen LogP contribution in [0.4, 0.5) is 5.69 Å². The minimum absolute atomic E-state index is 1.03. The lowest BCUT2D eigenvalue weighted by Crippen LogP contribution is -2.11. The van der Waals surface area contributed by atoms with Crippen molar-refractivity contribution < 1.29 is 0 Å². The van der Waals surface area contributed by atoms with E-state index in [9.17, 15) is 0 Å². The molecule has 0 saturated heterocycles. The predicted octanol–water partition coefficient (Wildman–Crippen LogP) is 3.10. The number of aryl methyl sites for hydroxylation is 1. The van der Waals surface area contributed by atoms with Gasteiger partial charge in [0.05, 0.1) is 0 Å². The lowest BCUT2D eigenvalue weighted by atomic mass is 10.1. The fourth-order valence-electron chi connectivity index (χ4n) is 1.92. The van der Waals surface area contributed by atoms with Crippen LogP contribution in [-0.4, -0.2) is 14.1 Å². The molecule has 0 unspecified atom stereocenters. The molecule has 1 aromatic rings. The number of hydrogen-bond donors (Lipinski definition) is 0. The standard InChI is InChI=1S/C13H19N/c1-14(2)13-6-4-3-5-12(13)10-9-11-7-8-11/h3-6,11H,7-10H2,1-2H3.